The summed E-state index contributed by atoms with van der Waals surface area (Å²) >= 11 is 0. The number of ether oxygens (including phenoxy) is 3. The number of aliphatic hydroxyl groups excluding tert-OH is 1. The van der Waals surface area contributed by atoms with E-state index in [0.29, 0.717) is 36.9 Å². The SMILES string of the molecule is COc1ccc(CN(Cc2ccc(OC)cc2)c2nc(OCC(C)C)nn3c(C(O)c4cccc(CN5CCCC5)c4)cnc23)cc1. The fourth-order valence-corrected chi connectivity index (χ4v) is 5.91. The highest BCUT2D eigenvalue weighted by molar-refractivity contribution is 5.65. The van der Waals surface area contributed by atoms with Gasteiger partial charge in [0.05, 0.1) is 32.7 Å². The number of anilines is 1. The predicted molar refractivity (Wildman–Crippen MR) is 182 cm³/mol. The van der Waals surface area contributed by atoms with E-state index in [0.717, 1.165) is 47.8 Å². The van der Waals surface area contributed by atoms with Crippen molar-refractivity contribution in [3.8, 4) is 17.5 Å². The van der Waals surface area contributed by atoms with Crippen molar-refractivity contribution in [3.63, 3.8) is 0 Å². The molecule has 246 valence electrons. The highest BCUT2D eigenvalue weighted by Crippen LogP contribution is 2.30. The Bertz CT molecular complexity index is 1700. The van der Waals surface area contributed by atoms with Crippen molar-refractivity contribution in [2.45, 2.75) is 52.4 Å². The summed E-state index contributed by atoms with van der Waals surface area (Å²) in [5.74, 6) is 2.46. The predicted octanol–water partition coefficient (Wildman–Crippen LogP) is 6.06. The van der Waals surface area contributed by atoms with E-state index < -0.39 is 6.10 Å². The maximum absolute atomic E-state index is 11.8. The van der Waals surface area contributed by atoms with E-state index >= 15 is 0 Å². The highest BCUT2D eigenvalue weighted by Gasteiger charge is 2.24. The summed E-state index contributed by atoms with van der Waals surface area (Å²) in [5, 5.41) is 16.5. The van der Waals surface area contributed by atoms with Gasteiger partial charge in [-0.1, -0.05) is 62.4 Å². The molecule has 1 aliphatic heterocycles. The molecule has 1 saturated heterocycles. The van der Waals surface area contributed by atoms with Gasteiger partial charge in [0.1, 0.15) is 17.6 Å². The Kier molecular flexibility index (Phi) is 10.2. The molecule has 5 aromatic rings. The van der Waals surface area contributed by atoms with Crippen LogP contribution in [0.2, 0.25) is 0 Å². The standard InChI is InChI=1S/C37H44N6O4/c1-26(2)25-47-37-39-36(42(23-27-10-14-31(45-3)15-11-27)24-28-12-16-32(46-4)17-13-28)35-38-21-33(43(35)40-37)34(44)30-9-7-8-29(20-30)22-41-18-5-6-19-41/h7-17,20-21,26,34,44H,5-6,18-19,22-25H2,1-4H3. The van der Waals surface area contributed by atoms with Gasteiger partial charge in [0.25, 0.3) is 0 Å². The second-order valence-corrected chi connectivity index (χ2v) is 12.5. The van der Waals surface area contributed by atoms with Gasteiger partial charge >= 0.3 is 6.01 Å². The Morgan fingerprint density at radius 3 is 2.09 bits per heavy atom. The lowest BCUT2D eigenvalue weighted by molar-refractivity contribution is 0.210. The smallest absolute Gasteiger partial charge is 0.336 e. The van der Waals surface area contributed by atoms with Crippen LogP contribution in [0.1, 0.15) is 60.7 Å². The second-order valence-electron chi connectivity index (χ2n) is 12.5. The summed E-state index contributed by atoms with van der Waals surface area (Å²) in [4.78, 5) is 14.3. The Labute approximate surface area is 276 Å². The fourth-order valence-electron chi connectivity index (χ4n) is 5.91. The highest BCUT2D eigenvalue weighted by atomic mass is 16.5. The quantitative estimate of drug-likeness (QED) is 0.156. The molecule has 10 nitrogen and oxygen atoms in total. The maximum atomic E-state index is 11.8. The number of benzene rings is 3. The number of rotatable bonds is 14. The Morgan fingerprint density at radius 1 is 0.851 bits per heavy atom. The molecule has 1 atom stereocenters. The molecule has 10 heteroatoms. The van der Waals surface area contributed by atoms with Crippen LogP contribution in [0.25, 0.3) is 5.65 Å². The first kappa shape index (κ1) is 32.3. The monoisotopic (exact) mass is 636 g/mol. The van der Waals surface area contributed by atoms with E-state index in [2.05, 4.69) is 35.8 Å². The molecular formula is C37H44N6O4. The third-order valence-electron chi connectivity index (χ3n) is 8.41. The van der Waals surface area contributed by atoms with Crippen LogP contribution < -0.4 is 19.1 Å². The number of likely N-dealkylation sites (tertiary alicyclic amines) is 1. The Hall–Kier alpha value is -4.67. The molecule has 3 aromatic carbocycles. The zero-order valence-corrected chi connectivity index (χ0v) is 27.7. The molecule has 1 N–H and O–H groups in total. The molecule has 1 aliphatic rings. The van der Waals surface area contributed by atoms with Gasteiger partial charge in [-0.15, -0.1) is 5.10 Å². The number of hydrogen-bond donors (Lipinski definition) is 1. The van der Waals surface area contributed by atoms with E-state index in [1.165, 1.54) is 18.4 Å². The summed E-state index contributed by atoms with van der Waals surface area (Å²) in [7, 11) is 3.32. The van der Waals surface area contributed by atoms with Gasteiger partial charge in [0, 0.05) is 19.6 Å². The van der Waals surface area contributed by atoms with E-state index in [-0.39, 0.29) is 11.9 Å². The van der Waals surface area contributed by atoms with Gasteiger partial charge in [-0.05, 0) is 78.4 Å². The molecular weight excluding hydrogens is 592 g/mol. The molecule has 0 radical (unpaired) electrons. The minimum Gasteiger partial charge on any atom is -0.497 e. The van der Waals surface area contributed by atoms with Gasteiger partial charge in [0.2, 0.25) is 0 Å². The summed E-state index contributed by atoms with van der Waals surface area (Å²) in [5.41, 5.74) is 5.20. The summed E-state index contributed by atoms with van der Waals surface area (Å²) in [6.07, 6.45) is 3.22. The van der Waals surface area contributed by atoms with Crippen LogP contribution in [-0.2, 0) is 19.6 Å². The average Bonchev–Trinajstić information content (AvgIpc) is 3.77. The van der Waals surface area contributed by atoms with Gasteiger partial charge in [0.15, 0.2) is 11.5 Å². The summed E-state index contributed by atoms with van der Waals surface area (Å²) < 4.78 is 18.6. The zero-order chi connectivity index (χ0) is 32.8. The first-order valence-corrected chi connectivity index (χ1v) is 16.3. The fraction of sp³-hybridized carbons (Fsp3) is 0.378. The number of aliphatic hydroxyl groups is 1. The van der Waals surface area contributed by atoms with Crippen molar-refractivity contribution < 1.29 is 19.3 Å². The molecule has 2 aromatic heterocycles. The topological polar surface area (TPSA) is 97.5 Å². The zero-order valence-electron chi connectivity index (χ0n) is 27.7. The van der Waals surface area contributed by atoms with Crippen LogP contribution in [-0.4, -0.2) is 63.5 Å². The van der Waals surface area contributed by atoms with Gasteiger partial charge in [-0.3, -0.25) is 4.90 Å². The second kappa shape index (κ2) is 14.8. The molecule has 0 aliphatic carbocycles. The Morgan fingerprint density at radius 2 is 1.49 bits per heavy atom. The lowest BCUT2D eigenvalue weighted by atomic mass is 10.0. The first-order chi connectivity index (χ1) is 22.9. The number of aromatic nitrogens is 4. The lowest BCUT2D eigenvalue weighted by Crippen LogP contribution is -2.25. The van der Waals surface area contributed by atoms with Crippen LogP contribution in [0.15, 0.2) is 79.0 Å². The van der Waals surface area contributed by atoms with Crippen LogP contribution in [0, 0.1) is 5.92 Å². The number of imidazole rings is 1. The van der Waals surface area contributed by atoms with E-state index in [4.69, 9.17) is 29.3 Å². The van der Waals surface area contributed by atoms with Crippen molar-refractivity contribution in [1.82, 2.24) is 24.5 Å². The van der Waals surface area contributed by atoms with E-state index in [1.807, 2.05) is 60.7 Å². The minimum absolute atomic E-state index is 0.227. The van der Waals surface area contributed by atoms with E-state index in [1.54, 1.807) is 24.9 Å². The molecule has 47 heavy (non-hydrogen) atoms. The third kappa shape index (κ3) is 7.84. The molecule has 1 unspecified atom stereocenters. The van der Waals surface area contributed by atoms with Gasteiger partial charge < -0.3 is 24.2 Å². The number of nitrogens with zero attached hydrogens (tertiary/aromatic N) is 6. The molecule has 3 heterocycles. The van der Waals surface area contributed by atoms with Crippen LogP contribution in [0.3, 0.4) is 0 Å². The molecule has 0 amide bonds. The first-order valence-electron chi connectivity index (χ1n) is 16.3. The summed E-state index contributed by atoms with van der Waals surface area (Å²) in [6, 6.07) is 24.4. The van der Waals surface area contributed by atoms with Crippen LogP contribution in [0.5, 0.6) is 17.5 Å². The van der Waals surface area contributed by atoms with Crippen molar-refractivity contribution in [1.29, 1.82) is 0 Å². The van der Waals surface area contributed by atoms with Crippen LogP contribution >= 0.6 is 0 Å². The number of methoxy groups -OCH3 is 2. The summed E-state index contributed by atoms with van der Waals surface area (Å²) in [6.45, 7) is 8.79. The normalized spacial score (nSPS) is 14.1. The average molecular weight is 637 g/mol. The number of hydrogen-bond acceptors (Lipinski definition) is 9. The number of fused-ring (bicyclic) bond motifs is 1. The third-order valence-corrected chi connectivity index (χ3v) is 8.41. The van der Waals surface area contributed by atoms with Crippen molar-refractivity contribution in [3.05, 3.63) is 107 Å². The molecule has 0 spiro atoms. The molecule has 1 fully saturated rings. The van der Waals surface area contributed by atoms with Crippen LogP contribution in [0.4, 0.5) is 5.82 Å². The lowest BCUT2D eigenvalue weighted by Gasteiger charge is -2.25. The maximum Gasteiger partial charge on any atom is 0.336 e. The largest absolute Gasteiger partial charge is 0.497 e. The molecule has 0 saturated carbocycles. The van der Waals surface area contributed by atoms with Gasteiger partial charge in [-0.2, -0.15) is 4.98 Å². The van der Waals surface area contributed by atoms with Gasteiger partial charge in [-0.25, -0.2) is 9.50 Å². The molecule has 0 bridgehead atoms. The van der Waals surface area contributed by atoms with Crippen molar-refractivity contribution >= 4 is 11.5 Å². The molecule has 6 rings (SSSR count). The van der Waals surface area contributed by atoms with Crippen molar-refractivity contribution in [2.24, 2.45) is 5.92 Å². The van der Waals surface area contributed by atoms with E-state index in [9.17, 15) is 5.11 Å². The Balaban J connectivity index is 1.40. The minimum atomic E-state index is -0.944. The van der Waals surface area contributed by atoms with Crippen molar-refractivity contribution in [2.75, 3.05) is 38.8 Å².